The highest BCUT2D eigenvalue weighted by Crippen LogP contribution is 2.27. The summed E-state index contributed by atoms with van der Waals surface area (Å²) in [4.78, 5) is 5.06. The predicted molar refractivity (Wildman–Crippen MR) is 58.4 cm³/mol. The van der Waals surface area contributed by atoms with E-state index in [-0.39, 0.29) is 0 Å². The Morgan fingerprint density at radius 2 is 2.00 bits per heavy atom. The largest absolute Gasteiger partial charge is 0.443 e. The lowest BCUT2D eigenvalue weighted by molar-refractivity contribution is 0.571. The van der Waals surface area contributed by atoms with Crippen LogP contribution in [0.1, 0.15) is 5.69 Å². The first-order valence-electron chi connectivity index (χ1n) is 4.10. The molecule has 0 N–H and O–H groups in total. The van der Waals surface area contributed by atoms with Crippen molar-refractivity contribution in [1.29, 1.82) is 0 Å². The summed E-state index contributed by atoms with van der Waals surface area (Å²) in [5.41, 5.74) is 1.92. The van der Waals surface area contributed by atoms with Gasteiger partial charge in [-0.1, -0.05) is 12.1 Å². The Bertz CT molecular complexity index is 424. The summed E-state index contributed by atoms with van der Waals surface area (Å²) < 4.78 is 5.27. The van der Waals surface area contributed by atoms with Gasteiger partial charge < -0.3 is 4.42 Å². The standard InChI is InChI=1S/C10H8ClNOS/c1-7-10(13-6-12-7)8-2-4-9(14-11)5-3-8/h2-6H,1H3. The van der Waals surface area contributed by atoms with Crippen LogP contribution in [0, 0.1) is 6.92 Å². The zero-order chi connectivity index (χ0) is 9.97. The van der Waals surface area contributed by atoms with Crippen LogP contribution >= 0.6 is 21.7 Å². The molecule has 0 radical (unpaired) electrons. The molecule has 2 rings (SSSR count). The van der Waals surface area contributed by atoms with Crippen molar-refractivity contribution in [2.24, 2.45) is 0 Å². The minimum Gasteiger partial charge on any atom is -0.443 e. The molecule has 0 amide bonds. The summed E-state index contributed by atoms with van der Waals surface area (Å²) in [5.74, 6) is 0.816. The zero-order valence-electron chi connectivity index (χ0n) is 7.53. The molecule has 0 bridgehead atoms. The van der Waals surface area contributed by atoms with E-state index in [2.05, 4.69) is 4.98 Å². The van der Waals surface area contributed by atoms with Gasteiger partial charge in [0, 0.05) is 10.5 Å². The Morgan fingerprint density at radius 3 is 2.50 bits per heavy atom. The van der Waals surface area contributed by atoms with E-state index in [0.717, 1.165) is 21.9 Å². The number of aromatic nitrogens is 1. The summed E-state index contributed by atoms with van der Waals surface area (Å²) in [5, 5.41) is 0. The Labute approximate surface area is 90.8 Å². The maximum absolute atomic E-state index is 5.62. The maximum atomic E-state index is 5.62. The van der Waals surface area contributed by atoms with Gasteiger partial charge in [0.05, 0.1) is 5.69 Å². The first-order chi connectivity index (χ1) is 6.81. The molecular formula is C10H8ClNOS. The van der Waals surface area contributed by atoms with Crippen LogP contribution in [-0.4, -0.2) is 4.98 Å². The molecule has 72 valence electrons. The lowest BCUT2D eigenvalue weighted by atomic mass is 10.1. The van der Waals surface area contributed by atoms with Gasteiger partial charge in [0.25, 0.3) is 0 Å². The summed E-state index contributed by atoms with van der Waals surface area (Å²) >= 11 is 0. The first kappa shape index (κ1) is 9.62. The number of nitrogens with zero attached hydrogens (tertiary/aromatic N) is 1. The van der Waals surface area contributed by atoms with E-state index in [0.29, 0.717) is 0 Å². The van der Waals surface area contributed by atoms with Crippen molar-refractivity contribution in [2.75, 3.05) is 0 Å². The molecule has 4 heteroatoms. The molecule has 2 aromatic rings. The second-order valence-corrected chi connectivity index (χ2v) is 3.96. The number of rotatable bonds is 2. The van der Waals surface area contributed by atoms with Crippen LogP contribution in [0.25, 0.3) is 11.3 Å². The third kappa shape index (κ3) is 1.79. The summed E-state index contributed by atoms with van der Waals surface area (Å²) in [7, 11) is 6.82. The molecule has 0 aliphatic carbocycles. The van der Waals surface area contributed by atoms with E-state index in [1.165, 1.54) is 17.4 Å². The van der Waals surface area contributed by atoms with Crippen LogP contribution in [0.5, 0.6) is 0 Å². The van der Waals surface area contributed by atoms with Crippen molar-refractivity contribution in [3.05, 3.63) is 36.4 Å². The SMILES string of the molecule is Cc1ncoc1-c1ccc(SCl)cc1. The van der Waals surface area contributed by atoms with Gasteiger partial charge in [-0.25, -0.2) is 4.98 Å². The minimum atomic E-state index is 0.816. The number of halogens is 1. The van der Waals surface area contributed by atoms with E-state index in [1.54, 1.807) is 0 Å². The lowest BCUT2D eigenvalue weighted by Gasteiger charge is -1.98. The molecule has 0 unspecified atom stereocenters. The van der Waals surface area contributed by atoms with Crippen molar-refractivity contribution in [3.8, 4) is 11.3 Å². The molecule has 0 atom stereocenters. The summed E-state index contributed by atoms with van der Waals surface area (Å²) in [6.45, 7) is 1.92. The Kier molecular flexibility index (Phi) is 2.79. The van der Waals surface area contributed by atoms with Crippen LogP contribution in [0.4, 0.5) is 0 Å². The highest BCUT2D eigenvalue weighted by molar-refractivity contribution is 8.21. The van der Waals surface area contributed by atoms with Crippen LogP contribution < -0.4 is 0 Å². The van der Waals surface area contributed by atoms with Gasteiger partial charge in [-0.05, 0) is 40.7 Å². The minimum absolute atomic E-state index is 0.816. The number of aryl methyl sites for hydroxylation is 1. The van der Waals surface area contributed by atoms with E-state index in [9.17, 15) is 0 Å². The molecule has 1 aromatic carbocycles. The van der Waals surface area contributed by atoms with Crippen molar-refractivity contribution in [2.45, 2.75) is 11.8 Å². The molecule has 0 spiro atoms. The molecule has 2 nitrogen and oxygen atoms in total. The van der Waals surface area contributed by atoms with Gasteiger partial charge in [0.15, 0.2) is 12.2 Å². The first-order valence-corrected chi connectivity index (χ1v) is 5.74. The van der Waals surface area contributed by atoms with Crippen LogP contribution in [0.3, 0.4) is 0 Å². The third-order valence-corrected chi connectivity index (χ3v) is 2.94. The van der Waals surface area contributed by atoms with Crippen molar-refractivity contribution >= 4 is 21.7 Å². The molecule has 1 heterocycles. The fourth-order valence-electron chi connectivity index (χ4n) is 1.24. The number of hydrogen-bond donors (Lipinski definition) is 0. The van der Waals surface area contributed by atoms with Gasteiger partial charge in [-0.2, -0.15) is 0 Å². The van der Waals surface area contributed by atoms with Gasteiger partial charge in [-0.3, -0.25) is 0 Å². The predicted octanol–water partition coefficient (Wildman–Crippen LogP) is 3.90. The van der Waals surface area contributed by atoms with E-state index in [4.69, 9.17) is 15.1 Å². The molecule has 0 saturated heterocycles. The van der Waals surface area contributed by atoms with Crippen LogP contribution in [0.15, 0.2) is 40.0 Å². The Hall–Kier alpha value is -0.930. The average molecular weight is 226 g/mol. The van der Waals surface area contributed by atoms with Crippen molar-refractivity contribution < 1.29 is 4.42 Å². The van der Waals surface area contributed by atoms with Gasteiger partial charge in [-0.15, -0.1) is 0 Å². The summed E-state index contributed by atoms with van der Waals surface area (Å²) in [6, 6.07) is 7.85. The molecule has 0 saturated carbocycles. The average Bonchev–Trinajstić information content (AvgIpc) is 2.65. The van der Waals surface area contributed by atoms with Crippen molar-refractivity contribution in [3.63, 3.8) is 0 Å². The van der Waals surface area contributed by atoms with Gasteiger partial charge >= 0.3 is 0 Å². The van der Waals surface area contributed by atoms with Crippen molar-refractivity contribution in [1.82, 2.24) is 4.98 Å². The molecule has 0 fully saturated rings. The molecule has 14 heavy (non-hydrogen) atoms. The monoisotopic (exact) mass is 225 g/mol. The second kappa shape index (κ2) is 4.07. The highest BCUT2D eigenvalue weighted by atomic mass is 35.7. The van der Waals surface area contributed by atoms with Gasteiger partial charge in [0.2, 0.25) is 0 Å². The smallest absolute Gasteiger partial charge is 0.181 e. The molecule has 0 aliphatic heterocycles. The normalized spacial score (nSPS) is 10.4. The zero-order valence-corrected chi connectivity index (χ0v) is 9.10. The number of hydrogen-bond acceptors (Lipinski definition) is 3. The van der Waals surface area contributed by atoms with E-state index < -0.39 is 0 Å². The number of oxazole rings is 1. The third-order valence-electron chi connectivity index (χ3n) is 1.95. The van der Waals surface area contributed by atoms with E-state index >= 15 is 0 Å². The van der Waals surface area contributed by atoms with Crippen LogP contribution in [-0.2, 0) is 0 Å². The quantitative estimate of drug-likeness (QED) is 0.776. The highest BCUT2D eigenvalue weighted by Gasteiger charge is 2.05. The second-order valence-electron chi connectivity index (χ2n) is 2.87. The Morgan fingerprint density at radius 1 is 1.29 bits per heavy atom. The molecule has 1 aromatic heterocycles. The molecule has 0 aliphatic rings. The fourth-order valence-corrected chi connectivity index (χ4v) is 1.78. The molecular weight excluding hydrogens is 218 g/mol. The van der Waals surface area contributed by atoms with Crippen LogP contribution in [0.2, 0.25) is 0 Å². The van der Waals surface area contributed by atoms with E-state index in [1.807, 2.05) is 31.2 Å². The lowest BCUT2D eigenvalue weighted by Crippen LogP contribution is -1.78. The maximum Gasteiger partial charge on any atom is 0.181 e. The van der Waals surface area contributed by atoms with Gasteiger partial charge in [0.1, 0.15) is 0 Å². The summed E-state index contributed by atoms with van der Waals surface area (Å²) in [6.07, 6.45) is 1.45. The fraction of sp³-hybridized carbons (Fsp3) is 0.100. The Balaban J connectivity index is 2.39. The topological polar surface area (TPSA) is 26.0 Å². The number of benzene rings is 1.